The SMILES string of the molecule is C#C/C=C/C#C[Si](C(C)C)(C(C)C)C(C)C. The number of hydrogen-bond acceptors (Lipinski definition) is 0. The van der Waals surface area contributed by atoms with Crippen LogP contribution >= 0.6 is 0 Å². The van der Waals surface area contributed by atoms with Crippen LogP contribution in [0.1, 0.15) is 41.5 Å². The second-order valence-corrected chi connectivity index (χ2v) is 10.7. The molecule has 0 aromatic rings. The van der Waals surface area contributed by atoms with Crippen LogP contribution in [0.25, 0.3) is 0 Å². The fraction of sp³-hybridized carbons (Fsp3) is 0.600. The molecule has 0 saturated carbocycles. The molecule has 0 saturated heterocycles. The highest BCUT2D eigenvalue weighted by Crippen LogP contribution is 2.40. The van der Waals surface area contributed by atoms with Gasteiger partial charge in [-0.3, -0.25) is 0 Å². The van der Waals surface area contributed by atoms with Crippen molar-refractivity contribution in [3.05, 3.63) is 12.2 Å². The van der Waals surface area contributed by atoms with Crippen LogP contribution in [0.3, 0.4) is 0 Å². The Morgan fingerprint density at radius 1 is 0.875 bits per heavy atom. The normalized spacial score (nSPS) is 12.0. The summed E-state index contributed by atoms with van der Waals surface area (Å²) in [7, 11) is -1.56. The number of terminal acetylenes is 1. The standard InChI is InChI=1S/C15H24Si/c1-8-9-10-11-12-16(13(2)3,14(4)5)15(6)7/h1,9-10,13-15H,2-7H3/b10-9+. The minimum Gasteiger partial charge on any atom is -0.126 e. The quantitative estimate of drug-likeness (QED) is 0.500. The number of allylic oxidation sites excluding steroid dienone is 2. The Morgan fingerprint density at radius 3 is 1.62 bits per heavy atom. The summed E-state index contributed by atoms with van der Waals surface area (Å²) in [6.07, 6.45) is 8.64. The molecule has 0 N–H and O–H groups in total. The fourth-order valence-corrected chi connectivity index (χ4v) is 7.89. The summed E-state index contributed by atoms with van der Waals surface area (Å²) < 4.78 is 0. The Morgan fingerprint density at radius 2 is 1.31 bits per heavy atom. The van der Waals surface area contributed by atoms with Gasteiger partial charge in [-0.1, -0.05) is 53.4 Å². The lowest BCUT2D eigenvalue weighted by atomic mass is 10.5. The summed E-state index contributed by atoms with van der Waals surface area (Å²) in [5.74, 6) is 5.63. The van der Waals surface area contributed by atoms with Crippen LogP contribution in [-0.4, -0.2) is 8.07 Å². The van der Waals surface area contributed by atoms with Crippen LogP contribution in [0.5, 0.6) is 0 Å². The van der Waals surface area contributed by atoms with Gasteiger partial charge in [0.1, 0.15) is 8.07 Å². The van der Waals surface area contributed by atoms with E-state index in [4.69, 9.17) is 6.42 Å². The predicted octanol–water partition coefficient (Wildman–Crippen LogP) is 4.40. The molecule has 0 nitrogen and oxygen atoms in total. The fourth-order valence-electron chi connectivity index (χ4n) is 2.69. The molecule has 1 heteroatoms. The Kier molecular flexibility index (Phi) is 6.23. The maximum atomic E-state index is 5.16. The minimum absolute atomic E-state index is 0.680. The lowest BCUT2D eigenvalue weighted by molar-refractivity contribution is 0.838. The van der Waals surface area contributed by atoms with E-state index < -0.39 is 8.07 Å². The van der Waals surface area contributed by atoms with Gasteiger partial charge in [-0.15, -0.1) is 12.0 Å². The first-order valence-corrected chi connectivity index (χ1v) is 8.26. The van der Waals surface area contributed by atoms with Crippen molar-refractivity contribution in [1.29, 1.82) is 0 Å². The van der Waals surface area contributed by atoms with E-state index in [-0.39, 0.29) is 0 Å². The third-order valence-electron chi connectivity index (χ3n) is 3.42. The van der Waals surface area contributed by atoms with Gasteiger partial charge in [0.25, 0.3) is 0 Å². The third kappa shape index (κ3) is 3.29. The zero-order chi connectivity index (χ0) is 12.8. The van der Waals surface area contributed by atoms with E-state index in [0.717, 1.165) is 0 Å². The van der Waals surface area contributed by atoms with Gasteiger partial charge in [0.15, 0.2) is 0 Å². The molecule has 0 bridgehead atoms. The summed E-state index contributed by atoms with van der Waals surface area (Å²) in [6.45, 7) is 13.9. The summed E-state index contributed by atoms with van der Waals surface area (Å²) in [5, 5.41) is 0. The first kappa shape index (κ1) is 15.1. The molecule has 0 rings (SSSR count). The van der Waals surface area contributed by atoms with Crippen molar-refractivity contribution in [2.45, 2.75) is 58.2 Å². The van der Waals surface area contributed by atoms with Crippen LogP contribution in [0, 0.1) is 23.8 Å². The second kappa shape index (κ2) is 6.61. The van der Waals surface area contributed by atoms with Gasteiger partial charge in [-0.05, 0) is 28.8 Å². The highest BCUT2D eigenvalue weighted by Gasteiger charge is 2.41. The Bertz CT molecular complexity index is 307. The predicted molar refractivity (Wildman–Crippen MR) is 76.8 cm³/mol. The highest BCUT2D eigenvalue weighted by atomic mass is 28.3. The summed E-state index contributed by atoms with van der Waals surface area (Å²) in [4.78, 5) is 0. The van der Waals surface area contributed by atoms with Crippen molar-refractivity contribution < 1.29 is 0 Å². The van der Waals surface area contributed by atoms with Crippen LogP contribution in [0.15, 0.2) is 12.2 Å². The third-order valence-corrected chi connectivity index (χ3v) is 9.73. The smallest absolute Gasteiger partial charge is 0.126 e. The van der Waals surface area contributed by atoms with E-state index in [1.165, 1.54) is 0 Å². The van der Waals surface area contributed by atoms with Gasteiger partial charge in [0.05, 0.1) is 0 Å². The second-order valence-electron chi connectivity index (χ2n) is 5.17. The topological polar surface area (TPSA) is 0 Å². The van der Waals surface area contributed by atoms with Gasteiger partial charge in [-0.2, -0.15) is 0 Å². The molecule has 0 spiro atoms. The van der Waals surface area contributed by atoms with Crippen LogP contribution in [-0.2, 0) is 0 Å². The summed E-state index contributed by atoms with van der Waals surface area (Å²) >= 11 is 0. The minimum atomic E-state index is -1.56. The zero-order valence-electron chi connectivity index (χ0n) is 11.5. The molecule has 0 heterocycles. The van der Waals surface area contributed by atoms with Gasteiger partial charge >= 0.3 is 0 Å². The highest BCUT2D eigenvalue weighted by molar-refractivity contribution is 6.90. The van der Waals surface area contributed by atoms with E-state index in [2.05, 4.69) is 58.9 Å². The molecule has 0 aliphatic rings. The largest absolute Gasteiger partial charge is 0.146 e. The molecule has 16 heavy (non-hydrogen) atoms. The first-order chi connectivity index (χ1) is 7.39. The molecule has 0 fully saturated rings. The van der Waals surface area contributed by atoms with Crippen molar-refractivity contribution >= 4 is 8.07 Å². The van der Waals surface area contributed by atoms with Crippen molar-refractivity contribution in [3.8, 4) is 23.8 Å². The van der Waals surface area contributed by atoms with Crippen LogP contribution in [0.2, 0.25) is 16.6 Å². The Hall–Kier alpha value is -0.923. The molecule has 0 aromatic carbocycles. The van der Waals surface area contributed by atoms with Crippen molar-refractivity contribution in [3.63, 3.8) is 0 Å². The van der Waals surface area contributed by atoms with E-state index in [1.54, 1.807) is 12.2 Å². The molecule has 0 atom stereocenters. The van der Waals surface area contributed by atoms with Gasteiger partial charge in [0, 0.05) is 0 Å². The average Bonchev–Trinajstić information content (AvgIpc) is 2.16. The van der Waals surface area contributed by atoms with E-state index in [0.29, 0.717) is 16.6 Å². The molecule has 0 radical (unpaired) electrons. The Balaban J connectivity index is 5.28. The van der Waals surface area contributed by atoms with Crippen LogP contribution in [0.4, 0.5) is 0 Å². The van der Waals surface area contributed by atoms with Gasteiger partial charge in [-0.25, -0.2) is 0 Å². The first-order valence-electron chi connectivity index (χ1n) is 6.03. The van der Waals surface area contributed by atoms with Gasteiger partial charge in [0.2, 0.25) is 0 Å². The molecule has 0 amide bonds. The molecule has 0 aliphatic heterocycles. The monoisotopic (exact) mass is 232 g/mol. The lowest BCUT2D eigenvalue weighted by Crippen LogP contribution is -2.43. The summed E-state index contributed by atoms with van der Waals surface area (Å²) in [6, 6.07) is 0. The molecule has 88 valence electrons. The maximum Gasteiger partial charge on any atom is 0.146 e. The number of rotatable bonds is 3. The van der Waals surface area contributed by atoms with Crippen molar-refractivity contribution in [2.24, 2.45) is 0 Å². The Labute approximate surface area is 103 Å². The molecule has 0 aromatic heterocycles. The maximum absolute atomic E-state index is 5.16. The molecular formula is C15H24Si. The zero-order valence-corrected chi connectivity index (χ0v) is 12.5. The van der Waals surface area contributed by atoms with Crippen molar-refractivity contribution in [1.82, 2.24) is 0 Å². The van der Waals surface area contributed by atoms with E-state index in [9.17, 15) is 0 Å². The number of hydrogen-bond donors (Lipinski definition) is 0. The molecular weight excluding hydrogens is 208 g/mol. The molecule has 0 aliphatic carbocycles. The van der Waals surface area contributed by atoms with Crippen molar-refractivity contribution in [2.75, 3.05) is 0 Å². The summed E-state index contributed by atoms with van der Waals surface area (Å²) in [5.41, 5.74) is 5.61. The van der Waals surface area contributed by atoms with E-state index in [1.807, 2.05) is 0 Å². The molecule has 0 unspecified atom stereocenters. The average molecular weight is 232 g/mol. The van der Waals surface area contributed by atoms with Gasteiger partial charge < -0.3 is 0 Å². The van der Waals surface area contributed by atoms with Crippen LogP contribution < -0.4 is 0 Å². The van der Waals surface area contributed by atoms with E-state index >= 15 is 0 Å². The lowest BCUT2D eigenvalue weighted by Gasteiger charge is -2.37.